The third kappa shape index (κ3) is 6.17. The van der Waals surface area contributed by atoms with E-state index >= 15 is 0 Å². The van der Waals surface area contributed by atoms with E-state index in [9.17, 15) is 14.0 Å². The molecule has 0 spiro atoms. The third-order valence-corrected chi connectivity index (χ3v) is 5.22. The lowest BCUT2D eigenvalue weighted by Gasteiger charge is -2.35. The quantitative estimate of drug-likeness (QED) is 0.758. The number of urea groups is 1. The molecule has 3 amide bonds. The predicted molar refractivity (Wildman–Crippen MR) is 110 cm³/mol. The summed E-state index contributed by atoms with van der Waals surface area (Å²) in [6.07, 6.45) is 0. The van der Waals surface area contributed by atoms with Crippen molar-refractivity contribution in [2.75, 3.05) is 32.7 Å². The zero-order chi connectivity index (χ0) is 20.6. The molecular weight excluding hydrogens is 395 g/mol. The molecule has 1 aliphatic rings. The molecule has 3 rings (SSSR count). The highest BCUT2D eigenvalue weighted by molar-refractivity contribution is 6.31. The molecular formula is C21H24ClFN4O2. The van der Waals surface area contributed by atoms with E-state index in [0.717, 1.165) is 5.56 Å². The van der Waals surface area contributed by atoms with Gasteiger partial charge in [-0.1, -0.05) is 48.0 Å². The minimum atomic E-state index is -0.380. The van der Waals surface area contributed by atoms with E-state index in [-0.39, 0.29) is 24.3 Å². The Morgan fingerprint density at radius 1 is 0.966 bits per heavy atom. The standard InChI is InChI=1S/C21H24ClFN4O2/c22-18-7-4-8-19(23)17(18)15-26-9-11-27(12-10-26)20(28)14-25-21(29)24-13-16-5-2-1-3-6-16/h1-8H,9-15H2,(H2,24,25,29). The number of hydrogen-bond donors (Lipinski definition) is 2. The van der Waals surface area contributed by atoms with Crippen LogP contribution < -0.4 is 10.6 Å². The molecule has 1 aliphatic heterocycles. The maximum absolute atomic E-state index is 13.9. The van der Waals surface area contributed by atoms with Crippen LogP contribution in [0.2, 0.25) is 5.02 Å². The molecule has 0 bridgehead atoms. The van der Waals surface area contributed by atoms with Crippen LogP contribution in [-0.2, 0) is 17.9 Å². The number of piperazine rings is 1. The molecule has 0 aromatic heterocycles. The van der Waals surface area contributed by atoms with E-state index in [2.05, 4.69) is 15.5 Å². The Labute approximate surface area is 174 Å². The molecule has 6 nitrogen and oxygen atoms in total. The smallest absolute Gasteiger partial charge is 0.315 e. The fourth-order valence-electron chi connectivity index (χ4n) is 3.17. The zero-order valence-electron chi connectivity index (χ0n) is 16.0. The minimum absolute atomic E-state index is 0.0558. The lowest BCUT2D eigenvalue weighted by Crippen LogP contribution is -2.51. The van der Waals surface area contributed by atoms with Crippen LogP contribution in [0.1, 0.15) is 11.1 Å². The van der Waals surface area contributed by atoms with E-state index in [0.29, 0.717) is 49.9 Å². The van der Waals surface area contributed by atoms with Crippen molar-refractivity contribution < 1.29 is 14.0 Å². The Morgan fingerprint density at radius 3 is 2.38 bits per heavy atom. The number of rotatable bonds is 6. The van der Waals surface area contributed by atoms with Crippen molar-refractivity contribution in [3.05, 3.63) is 70.5 Å². The Bertz CT molecular complexity index is 822. The van der Waals surface area contributed by atoms with Crippen LogP contribution >= 0.6 is 11.6 Å². The first-order valence-corrected chi connectivity index (χ1v) is 9.89. The molecule has 0 unspecified atom stereocenters. The summed E-state index contributed by atoms with van der Waals surface area (Å²) >= 11 is 6.09. The highest BCUT2D eigenvalue weighted by atomic mass is 35.5. The summed E-state index contributed by atoms with van der Waals surface area (Å²) in [5, 5.41) is 5.73. The van der Waals surface area contributed by atoms with Gasteiger partial charge in [0.05, 0.1) is 6.54 Å². The molecule has 1 fully saturated rings. The molecule has 29 heavy (non-hydrogen) atoms. The van der Waals surface area contributed by atoms with Crippen LogP contribution in [-0.4, -0.2) is 54.5 Å². The molecule has 0 atom stereocenters. The van der Waals surface area contributed by atoms with E-state index in [4.69, 9.17) is 11.6 Å². The van der Waals surface area contributed by atoms with E-state index in [1.165, 1.54) is 6.07 Å². The molecule has 1 heterocycles. The first-order valence-electron chi connectivity index (χ1n) is 9.51. The first-order chi connectivity index (χ1) is 14.0. The fraction of sp³-hybridized carbons (Fsp3) is 0.333. The molecule has 0 aliphatic carbocycles. The maximum atomic E-state index is 13.9. The monoisotopic (exact) mass is 418 g/mol. The summed E-state index contributed by atoms with van der Waals surface area (Å²) in [5.41, 5.74) is 1.46. The molecule has 2 aromatic carbocycles. The summed E-state index contributed by atoms with van der Waals surface area (Å²) in [4.78, 5) is 28.0. The Balaban J connectivity index is 1.38. The number of carbonyl (C=O) groups excluding carboxylic acids is 2. The van der Waals surface area contributed by atoms with Gasteiger partial charge in [-0.3, -0.25) is 9.69 Å². The SMILES string of the molecule is O=C(NCC(=O)N1CCN(Cc2c(F)cccc2Cl)CC1)NCc1ccccc1. The Morgan fingerprint density at radius 2 is 1.69 bits per heavy atom. The second kappa shape index (κ2) is 10.2. The number of nitrogens with zero attached hydrogens (tertiary/aromatic N) is 2. The predicted octanol–water partition coefficient (Wildman–Crippen LogP) is 2.62. The highest BCUT2D eigenvalue weighted by Gasteiger charge is 2.22. The van der Waals surface area contributed by atoms with Crippen LogP contribution in [0.3, 0.4) is 0 Å². The number of benzene rings is 2. The Kier molecular flexibility index (Phi) is 7.43. The van der Waals surface area contributed by atoms with E-state index in [1.807, 2.05) is 30.3 Å². The lowest BCUT2D eigenvalue weighted by molar-refractivity contribution is -0.131. The van der Waals surface area contributed by atoms with Crippen molar-refractivity contribution in [1.29, 1.82) is 0 Å². The first kappa shape index (κ1) is 21.1. The van der Waals surface area contributed by atoms with Crippen molar-refractivity contribution in [3.8, 4) is 0 Å². The fourth-order valence-corrected chi connectivity index (χ4v) is 3.39. The van der Waals surface area contributed by atoms with Crippen LogP contribution in [0.15, 0.2) is 48.5 Å². The molecule has 0 radical (unpaired) electrons. The van der Waals surface area contributed by atoms with Crippen molar-refractivity contribution in [2.45, 2.75) is 13.1 Å². The van der Waals surface area contributed by atoms with Crippen LogP contribution in [0.25, 0.3) is 0 Å². The van der Waals surface area contributed by atoms with Gasteiger partial charge in [0, 0.05) is 49.9 Å². The molecule has 154 valence electrons. The normalized spacial score (nSPS) is 14.5. The zero-order valence-corrected chi connectivity index (χ0v) is 16.8. The largest absolute Gasteiger partial charge is 0.339 e. The number of carbonyl (C=O) groups is 2. The highest BCUT2D eigenvalue weighted by Crippen LogP contribution is 2.21. The van der Waals surface area contributed by atoms with Gasteiger partial charge in [0.25, 0.3) is 0 Å². The molecule has 0 saturated carbocycles. The van der Waals surface area contributed by atoms with Crippen molar-refractivity contribution >= 4 is 23.5 Å². The Hall–Kier alpha value is -2.64. The molecule has 1 saturated heterocycles. The molecule has 2 aromatic rings. The van der Waals surface area contributed by atoms with Crippen molar-refractivity contribution in [2.24, 2.45) is 0 Å². The molecule has 2 N–H and O–H groups in total. The topological polar surface area (TPSA) is 64.7 Å². The average molecular weight is 419 g/mol. The van der Waals surface area contributed by atoms with Gasteiger partial charge in [-0.05, 0) is 17.7 Å². The molecule has 8 heteroatoms. The second-order valence-electron chi connectivity index (χ2n) is 6.88. The van der Waals surface area contributed by atoms with Gasteiger partial charge in [-0.25, -0.2) is 9.18 Å². The second-order valence-corrected chi connectivity index (χ2v) is 7.29. The summed E-state index contributed by atoms with van der Waals surface area (Å²) in [5.74, 6) is -0.454. The summed E-state index contributed by atoms with van der Waals surface area (Å²) < 4.78 is 13.9. The van der Waals surface area contributed by atoms with Gasteiger partial charge < -0.3 is 15.5 Å². The lowest BCUT2D eigenvalue weighted by atomic mass is 10.2. The number of halogens is 2. The van der Waals surface area contributed by atoms with Gasteiger partial charge in [0.2, 0.25) is 5.91 Å². The van der Waals surface area contributed by atoms with Crippen LogP contribution in [0, 0.1) is 5.82 Å². The van der Waals surface area contributed by atoms with Gasteiger partial charge in [0.15, 0.2) is 0 Å². The van der Waals surface area contributed by atoms with Crippen molar-refractivity contribution in [3.63, 3.8) is 0 Å². The number of amides is 3. The summed E-state index contributed by atoms with van der Waals surface area (Å²) in [6.45, 7) is 3.05. The van der Waals surface area contributed by atoms with Crippen LogP contribution in [0.5, 0.6) is 0 Å². The van der Waals surface area contributed by atoms with E-state index in [1.54, 1.807) is 17.0 Å². The van der Waals surface area contributed by atoms with Crippen molar-refractivity contribution in [1.82, 2.24) is 20.4 Å². The van der Waals surface area contributed by atoms with Gasteiger partial charge in [0.1, 0.15) is 5.82 Å². The number of hydrogen-bond acceptors (Lipinski definition) is 3. The van der Waals surface area contributed by atoms with Gasteiger partial charge in [-0.2, -0.15) is 0 Å². The van der Waals surface area contributed by atoms with Gasteiger partial charge >= 0.3 is 6.03 Å². The summed E-state index contributed by atoms with van der Waals surface area (Å²) in [7, 11) is 0. The van der Waals surface area contributed by atoms with E-state index < -0.39 is 0 Å². The minimum Gasteiger partial charge on any atom is -0.339 e. The van der Waals surface area contributed by atoms with Crippen LogP contribution in [0.4, 0.5) is 9.18 Å². The third-order valence-electron chi connectivity index (χ3n) is 4.86. The maximum Gasteiger partial charge on any atom is 0.315 e. The average Bonchev–Trinajstić information content (AvgIpc) is 2.74. The van der Waals surface area contributed by atoms with Gasteiger partial charge in [-0.15, -0.1) is 0 Å². The number of nitrogens with one attached hydrogen (secondary N) is 2. The summed E-state index contributed by atoms with van der Waals surface area (Å²) in [6, 6.07) is 13.8.